The molecule has 8 heteroatoms. The lowest BCUT2D eigenvalue weighted by Crippen LogP contribution is -2.44. The van der Waals surface area contributed by atoms with Crippen LogP contribution in [0.5, 0.6) is 0 Å². The van der Waals surface area contributed by atoms with E-state index in [-0.39, 0.29) is 11.6 Å². The molecule has 1 aliphatic rings. The van der Waals surface area contributed by atoms with E-state index in [1.807, 2.05) is 0 Å². The van der Waals surface area contributed by atoms with Crippen molar-refractivity contribution in [2.75, 3.05) is 18.2 Å². The third-order valence-corrected chi connectivity index (χ3v) is 4.20. The highest BCUT2D eigenvalue weighted by atomic mass is 32.2. The fraction of sp³-hybridized carbons (Fsp3) is 1.00. The van der Waals surface area contributed by atoms with Gasteiger partial charge in [-0.25, -0.2) is 0 Å². The first-order chi connectivity index (χ1) is 7.44. The van der Waals surface area contributed by atoms with Crippen LogP contribution in [0.1, 0.15) is 26.2 Å². The Morgan fingerprint density at radius 1 is 1.50 bits per heavy atom. The summed E-state index contributed by atoms with van der Waals surface area (Å²) in [5.41, 5.74) is 0. The molecule has 0 aromatic carbocycles. The van der Waals surface area contributed by atoms with Gasteiger partial charge in [0, 0.05) is 6.54 Å². The number of hydrogen-bond donors (Lipinski definition) is 0. The third-order valence-electron chi connectivity index (χ3n) is 2.44. The van der Waals surface area contributed by atoms with Crippen molar-refractivity contribution in [2.24, 2.45) is 0 Å². The monoisotopic (exact) mass is 270 g/mol. The lowest BCUT2D eigenvalue weighted by atomic mass is 10.1. The van der Waals surface area contributed by atoms with Gasteiger partial charge in [-0.3, -0.25) is 13.3 Å². The molecular weight excluding hydrogens is 254 g/mol. The highest BCUT2D eigenvalue weighted by Gasteiger charge is 2.27. The lowest BCUT2D eigenvalue weighted by molar-refractivity contribution is 0.0139. The van der Waals surface area contributed by atoms with Crippen molar-refractivity contribution in [3.8, 4) is 0 Å². The van der Waals surface area contributed by atoms with E-state index in [2.05, 4.69) is 0 Å². The van der Waals surface area contributed by atoms with E-state index in [0.717, 1.165) is 12.8 Å². The predicted octanol–water partition coefficient (Wildman–Crippen LogP) is 0.00130. The molecule has 1 heterocycles. The van der Waals surface area contributed by atoms with Gasteiger partial charge in [-0.1, -0.05) is 0 Å². The summed E-state index contributed by atoms with van der Waals surface area (Å²) in [6.45, 7) is 2.05. The van der Waals surface area contributed by atoms with Crippen molar-refractivity contribution in [2.45, 2.75) is 32.4 Å². The largest absolute Gasteiger partial charge is 0.771 e. The van der Waals surface area contributed by atoms with Crippen molar-refractivity contribution < 1.29 is 21.4 Å². The molecule has 2 unspecified atom stereocenters. The molecule has 16 heavy (non-hydrogen) atoms. The van der Waals surface area contributed by atoms with E-state index in [1.165, 1.54) is 6.92 Å². The molecule has 0 aliphatic carbocycles. The van der Waals surface area contributed by atoms with Gasteiger partial charge in [0.05, 0.1) is 11.6 Å². The first kappa shape index (κ1) is 14.0. The standard InChI is InChI=1S/C8H17NO5S2/c1-2-16(12,13)14-8-5-3-4-6-9(8)7-15(10)11/h8H,2-7H2,1H3,(H,10,11)/p-1. The maximum Gasteiger partial charge on any atom is 0.268 e. The number of piperidine rings is 1. The molecule has 0 spiro atoms. The first-order valence-corrected chi connectivity index (χ1v) is 7.97. The molecule has 0 saturated carbocycles. The summed E-state index contributed by atoms with van der Waals surface area (Å²) in [7, 11) is -3.53. The second kappa shape index (κ2) is 6.06. The highest BCUT2D eigenvalue weighted by Crippen LogP contribution is 2.19. The minimum atomic E-state index is -3.53. The Labute approximate surface area is 98.4 Å². The number of likely N-dealkylation sites (tertiary alicyclic amines) is 1. The molecule has 0 aromatic heterocycles. The zero-order chi connectivity index (χ0) is 12.2. The first-order valence-electron chi connectivity index (χ1n) is 5.15. The minimum Gasteiger partial charge on any atom is -0.771 e. The Morgan fingerprint density at radius 2 is 2.19 bits per heavy atom. The lowest BCUT2D eigenvalue weighted by Gasteiger charge is -2.34. The average Bonchev–Trinajstić information content (AvgIpc) is 2.20. The zero-order valence-corrected chi connectivity index (χ0v) is 10.8. The molecule has 0 aromatic rings. The highest BCUT2D eigenvalue weighted by molar-refractivity contribution is 7.86. The van der Waals surface area contributed by atoms with Gasteiger partial charge in [0.15, 0.2) is 0 Å². The van der Waals surface area contributed by atoms with Crippen LogP contribution in [-0.2, 0) is 25.4 Å². The van der Waals surface area contributed by atoms with Crippen LogP contribution in [0.25, 0.3) is 0 Å². The van der Waals surface area contributed by atoms with Crippen LogP contribution in [0.15, 0.2) is 0 Å². The van der Waals surface area contributed by atoms with Crippen molar-refractivity contribution in [1.29, 1.82) is 0 Å². The van der Waals surface area contributed by atoms with Crippen molar-refractivity contribution in [1.82, 2.24) is 4.90 Å². The maximum atomic E-state index is 11.3. The van der Waals surface area contributed by atoms with Gasteiger partial charge < -0.3 is 4.55 Å². The van der Waals surface area contributed by atoms with Gasteiger partial charge >= 0.3 is 0 Å². The molecule has 96 valence electrons. The van der Waals surface area contributed by atoms with Crippen molar-refractivity contribution >= 4 is 21.2 Å². The molecule has 2 atom stereocenters. The van der Waals surface area contributed by atoms with E-state index in [0.29, 0.717) is 13.0 Å². The zero-order valence-electron chi connectivity index (χ0n) is 9.12. The number of nitrogens with zero attached hydrogens (tertiary/aromatic N) is 1. The Morgan fingerprint density at radius 3 is 2.75 bits per heavy atom. The van der Waals surface area contributed by atoms with E-state index in [1.54, 1.807) is 4.90 Å². The van der Waals surface area contributed by atoms with Crippen LogP contribution in [0.2, 0.25) is 0 Å². The quantitative estimate of drug-likeness (QED) is 0.516. The van der Waals surface area contributed by atoms with Gasteiger partial charge in [0.2, 0.25) is 0 Å². The van der Waals surface area contributed by atoms with Crippen LogP contribution in [0.3, 0.4) is 0 Å². The fourth-order valence-electron chi connectivity index (χ4n) is 1.59. The predicted molar refractivity (Wildman–Crippen MR) is 58.7 cm³/mol. The molecule has 1 aliphatic heterocycles. The summed E-state index contributed by atoms with van der Waals surface area (Å²) < 4.78 is 48.8. The maximum absolute atomic E-state index is 11.3. The van der Waals surface area contributed by atoms with Crippen molar-refractivity contribution in [3.05, 3.63) is 0 Å². The van der Waals surface area contributed by atoms with Crippen LogP contribution >= 0.6 is 0 Å². The molecular formula is C8H16NO5S2-. The van der Waals surface area contributed by atoms with E-state index >= 15 is 0 Å². The van der Waals surface area contributed by atoms with Crippen LogP contribution < -0.4 is 0 Å². The molecule has 1 fully saturated rings. The second-order valence-corrected chi connectivity index (χ2v) is 6.39. The summed E-state index contributed by atoms with van der Waals surface area (Å²) in [6.07, 6.45) is 1.64. The normalized spacial score (nSPS) is 25.5. The topological polar surface area (TPSA) is 86.7 Å². The van der Waals surface area contributed by atoms with E-state index in [9.17, 15) is 17.2 Å². The SMILES string of the molecule is CCS(=O)(=O)OC1CCCCN1CS(=O)[O-]. The molecule has 0 bridgehead atoms. The Balaban J connectivity index is 2.63. The molecule has 0 amide bonds. The number of rotatable bonds is 5. The Kier molecular flexibility index (Phi) is 5.32. The summed E-state index contributed by atoms with van der Waals surface area (Å²) in [4.78, 5) is 1.54. The summed E-state index contributed by atoms with van der Waals surface area (Å²) in [5.74, 6) is -0.276. The molecule has 6 nitrogen and oxygen atoms in total. The molecule has 1 rings (SSSR count). The fourth-order valence-corrected chi connectivity index (χ4v) is 2.85. The smallest absolute Gasteiger partial charge is 0.268 e. The van der Waals surface area contributed by atoms with Gasteiger partial charge in [0.25, 0.3) is 10.1 Å². The van der Waals surface area contributed by atoms with E-state index < -0.39 is 27.4 Å². The Bertz CT molecular complexity index is 342. The Hall–Kier alpha value is -0.0200. The minimum absolute atomic E-state index is 0.0994. The average molecular weight is 270 g/mol. The van der Waals surface area contributed by atoms with Crippen LogP contribution in [0, 0.1) is 0 Å². The second-order valence-electron chi connectivity index (χ2n) is 3.64. The van der Waals surface area contributed by atoms with Gasteiger partial charge in [-0.05, 0) is 37.3 Å². The molecule has 0 radical (unpaired) electrons. The van der Waals surface area contributed by atoms with Gasteiger partial charge in [-0.15, -0.1) is 0 Å². The number of hydrogen-bond acceptors (Lipinski definition) is 6. The van der Waals surface area contributed by atoms with Crippen LogP contribution in [0.4, 0.5) is 0 Å². The summed E-state index contributed by atoms with van der Waals surface area (Å²) >= 11 is -2.21. The van der Waals surface area contributed by atoms with Crippen LogP contribution in [-0.4, -0.2) is 46.5 Å². The third kappa shape index (κ3) is 4.46. The molecule has 0 N–H and O–H groups in total. The van der Waals surface area contributed by atoms with Gasteiger partial charge in [-0.2, -0.15) is 8.42 Å². The van der Waals surface area contributed by atoms with E-state index in [4.69, 9.17) is 4.18 Å². The molecule has 1 saturated heterocycles. The summed E-state index contributed by atoms with van der Waals surface area (Å²) in [6, 6.07) is 0. The van der Waals surface area contributed by atoms with Crippen molar-refractivity contribution in [3.63, 3.8) is 0 Å². The van der Waals surface area contributed by atoms with Gasteiger partial charge in [0.1, 0.15) is 6.23 Å². The summed E-state index contributed by atoms with van der Waals surface area (Å²) in [5, 5.41) is 0.